The first-order valence-corrected chi connectivity index (χ1v) is 8.53. The number of ether oxygens (including phenoxy) is 1. The number of aryl methyl sites for hydroxylation is 1. The Morgan fingerprint density at radius 2 is 2.12 bits per heavy atom. The first-order chi connectivity index (χ1) is 12.1. The second kappa shape index (κ2) is 6.37. The minimum absolute atomic E-state index is 0.00801. The smallest absolute Gasteiger partial charge is 0.232 e. The molecule has 25 heavy (non-hydrogen) atoms. The molecule has 6 heteroatoms. The Morgan fingerprint density at radius 1 is 1.28 bits per heavy atom. The molecule has 0 bridgehead atoms. The average Bonchev–Trinajstić information content (AvgIpc) is 3.18. The van der Waals surface area contributed by atoms with E-state index in [2.05, 4.69) is 5.32 Å². The first-order valence-electron chi connectivity index (χ1n) is 8.53. The van der Waals surface area contributed by atoms with E-state index in [0.717, 1.165) is 16.9 Å². The molecule has 0 aliphatic carbocycles. The molecule has 4 rings (SSSR count). The van der Waals surface area contributed by atoms with Gasteiger partial charge in [-0.05, 0) is 23.8 Å². The lowest BCUT2D eigenvalue weighted by molar-refractivity contribution is -0.142. The molecule has 1 N–H and O–H groups in total. The second-order valence-corrected chi connectivity index (χ2v) is 6.56. The van der Waals surface area contributed by atoms with Crippen molar-refractivity contribution in [2.45, 2.75) is 18.4 Å². The number of nitrogens with zero attached hydrogens (tertiary/aromatic N) is 2. The van der Waals surface area contributed by atoms with Crippen molar-refractivity contribution < 1.29 is 14.3 Å². The van der Waals surface area contributed by atoms with Crippen LogP contribution in [0, 0.1) is 0 Å². The van der Waals surface area contributed by atoms with Crippen LogP contribution in [0.2, 0.25) is 0 Å². The van der Waals surface area contributed by atoms with Gasteiger partial charge in [0.05, 0.1) is 25.2 Å². The topological polar surface area (TPSA) is 63.6 Å². The lowest BCUT2D eigenvalue weighted by Gasteiger charge is -2.36. The maximum atomic E-state index is 13.0. The number of carbonyl (C=O) groups is 2. The maximum Gasteiger partial charge on any atom is 0.232 e. The summed E-state index contributed by atoms with van der Waals surface area (Å²) >= 11 is 0. The van der Waals surface area contributed by atoms with Crippen LogP contribution >= 0.6 is 0 Å². The van der Waals surface area contributed by atoms with Crippen LogP contribution < -0.4 is 5.32 Å². The van der Waals surface area contributed by atoms with Gasteiger partial charge in [0.2, 0.25) is 11.8 Å². The van der Waals surface area contributed by atoms with Crippen molar-refractivity contribution in [3.8, 4) is 0 Å². The van der Waals surface area contributed by atoms with E-state index in [1.807, 2.05) is 59.1 Å². The highest BCUT2D eigenvalue weighted by Crippen LogP contribution is 2.35. The third-order valence-electron chi connectivity index (χ3n) is 5.06. The summed E-state index contributed by atoms with van der Waals surface area (Å²) in [7, 11) is 1.97. The zero-order valence-electron chi connectivity index (χ0n) is 14.1. The van der Waals surface area contributed by atoms with Crippen LogP contribution in [-0.2, 0) is 21.4 Å². The number of anilines is 1. The predicted molar refractivity (Wildman–Crippen MR) is 93.1 cm³/mol. The number of hydrogen-bond donors (Lipinski definition) is 1. The van der Waals surface area contributed by atoms with Crippen molar-refractivity contribution in [1.29, 1.82) is 0 Å². The number of hydrogen-bond acceptors (Lipinski definition) is 3. The summed E-state index contributed by atoms with van der Waals surface area (Å²) in [5.41, 5.74) is 2.76. The summed E-state index contributed by atoms with van der Waals surface area (Å²) in [5, 5.41) is 2.87. The molecule has 130 valence electrons. The molecule has 1 saturated heterocycles. The van der Waals surface area contributed by atoms with Crippen LogP contribution in [0.4, 0.5) is 5.69 Å². The van der Waals surface area contributed by atoms with Crippen LogP contribution in [0.15, 0.2) is 42.6 Å². The number of fused-ring (bicyclic) bond motifs is 1. The van der Waals surface area contributed by atoms with E-state index < -0.39 is 5.92 Å². The maximum absolute atomic E-state index is 13.0. The molecular weight excluding hydrogens is 318 g/mol. The van der Waals surface area contributed by atoms with Crippen molar-refractivity contribution in [3.63, 3.8) is 0 Å². The molecule has 0 radical (unpaired) electrons. The number of benzene rings is 1. The zero-order chi connectivity index (χ0) is 17.4. The quantitative estimate of drug-likeness (QED) is 0.931. The number of morpholine rings is 1. The SMILES string of the molecule is Cn1cccc1[C@H]1COCCN1C(=O)C[C@@H]1C(=O)Nc2ccccc21. The Balaban J connectivity index is 1.56. The highest BCUT2D eigenvalue weighted by Gasteiger charge is 2.36. The Kier molecular flexibility index (Phi) is 4.05. The van der Waals surface area contributed by atoms with Crippen molar-refractivity contribution in [2.75, 3.05) is 25.1 Å². The third-order valence-corrected chi connectivity index (χ3v) is 5.06. The molecule has 0 spiro atoms. The molecule has 1 aromatic carbocycles. The van der Waals surface area contributed by atoms with Gasteiger partial charge in [-0.3, -0.25) is 9.59 Å². The fourth-order valence-corrected chi connectivity index (χ4v) is 3.74. The number of nitrogens with one attached hydrogen (secondary N) is 1. The summed E-state index contributed by atoms with van der Waals surface area (Å²) in [5.74, 6) is -0.523. The van der Waals surface area contributed by atoms with Gasteiger partial charge in [0.25, 0.3) is 0 Å². The lowest BCUT2D eigenvalue weighted by atomic mass is 9.96. The van der Waals surface area contributed by atoms with Gasteiger partial charge in [0, 0.05) is 37.6 Å². The molecule has 0 unspecified atom stereocenters. The Labute approximate surface area is 146 Å². The van der Waals surface area contributed by atoms with Crippen LogP contribution in [0.25, 0.3) is 0 Å². The van der Waals surface area contributed by atoms with Gasteiger partial charge >= 0.3 is 0 Å². The van der Waals surface area contributed by atoms with Crippen LogP contribution in [0.1, 0.15) is 29.6 Å². The van der Waals surface area contributed by atoms with Crippen LogP contribution in [0.5, 0.6) is 0 Å². The molecule has 1 fully saturated rings. The predicted octanol–water partition coefficient (Wildman–Crippen LogP) is 2.05. The summed E-state index contributed by atoms with van der Waals surface area (Å²) in [4.78, 5) is 27.2. The lowest BCUT2D eigenvalue weighted by Crippen LogP contribution is -2.44. The minimum Gasteiger partial charge on any atom is -0.377 e. The Hall–Kier alpha value is -2.60. The van der Waals surface area contributed by atoms with E-state index in [0.29, 0.717) is 19.8 Å². The number of aromatic nitrogens is 1. The molecule has 0 saturated carbocycles. The summed E-state index contributed by atoms with van der Waals surface area (Å²) in [6, 6.07) is 11.4. The highest BCUT2D eigenvalue weighted by atomic mass is 16.5. The Morgan fingerprint density at radius 3 is 2.92 bits per heavy atom. The van der Waals surface area contributed by atoms with Crippen LogP contribution in [-0.4, -0.2) is 41.0 Å². The van der Waals surface area contributed by atoms with Gasteiger partial charge in [-0.2, -0.15) is 0 Å². The monoisotopic (exact) mass is 339 g/mol. The van der Waals surface area contributed by atoms with Gasteiger partial charge in [0.15, 0.2) is 0 Å². The highest BCUT2D eigenvalue weighted by molar-refractivity contribution is 6.04. The van der Waals surface area contributed by atoms with E-state index in [4.69, 9.17) is 4.74 Å². The Bertz CT molecular complexity index is 814. The first kappa shape index (κ1) is 15.9. The molecule has 1 aromatic heterocycles. The van der Waals surface area contributed by atoms with E-state index in [1.54, 1.807) is 0 Å². The number of amides is 2. The molecular formula is C19H21N3O3. The van der Waals surface area contributed by atoms with Crippen molar-refractivity contribution >= 4 is 17.5 Å². The number of rotatable bonds is 3. The van der Waals surface area contributed by atoms with Gasteiger partial charge in [-0.1, -0.05) is 18.2 Å². The summed E-state index contributed by atoms with van der Waals surface area (Å²) < 4.78 is 7.61. The molecule has 2 atom stereocenters. The zero-order valence-corrected chi connectivity index (χ0v) is 14.1. The summed E-state index contributed by atoms with van der Waals surface area (Å²) in [6.45, 7) is 1.56. The van der Waals surface area contributed by atoms with Gasteiger partial charge in [-0.25, -0.2) is 0 Å². The third kappa shape index (κ3) is 2.82. The van der Waals surface area contributed by atoms with Crippen LogP contribution in [0.3, 0.4) is 0 Å². The molecule has 2 amide bonds. The number of carbonyl (C=O) groups excluding carboxylic acids is 2. The fourth-order valence-electron chi connectivity index (χ4n) is 3.74. The normalized spacial score (nSPS) is 22.6. The van der Waals surface area contributed by atoms with E-state index in [-0.39, 0.29) is 24.3 Å². The molecule has 2 aliphatic heterocycles. The second-order valence-electron chi connectivity index (χ2n) is 6.56. The standard InChI is InChI=1S/C19H21N3O3/c1-21-8-4-7-16(21)17-12-25-10-9-22(17)18(23)11-14-13-5-2-3-6-15(13)20-19(14)24/h2-8,14,17H,9-12H2,1H3,(H,20,24)/t14-,17+/m0/s1. The molecule has 2 aliphatic rings. The van der Waals surface area contributed by atoms with E-state index >= 15 is 0 Å². The van der Waals surface area contributed by atoms with Gasteiger partial charge < -0.3 is 19.5 Å². The molecule has 3 heterocycles. The van der Waals surface area contributed by atoms with Crippen molar-refractivity contribution in [3.05, 3.63) is 53.9 Å². The molecule has 2 aromatic rings. The van der Waals surface area contributed by atoms with Gasteiger partial charge in [-0.15, -0.1) is 0 Å². The van der Waals surface area contributed by atoms with Gasteiger partial charge in [0.1, 0.15) is 0 Å². The molecule has 6 nitrogen and oxygen atoms in total. The largest absolute Gasteiger partial charge is 0.377 e. The minimum atomic E-state index is -0.416. The average molecular weight is 339 g/mol. The number of para-hydroxylation sites is 1. The fraction of sp³-hybridized carbons (Fsp3) is 0.368. The van der Waals surface area contributed by atoms with Crippen molar-refractivity contribution in [2.24, 2.45) is 7.05 Å². The van der Waals surface area contributed by atoms with Crippen molar-refractivity contribution in [1.82, 2.24) is 9.47 Å². The van der Waals surface area contributed by atoms with E-state index in [9.17, 15) is 9.59 Å². The summed E-state index contributed by atoms with van der Waals surface area (Å²) in [6.07, 6.45) is 2.15. The van der Waals surface area contributed by atoms with E-state index in [1.165, 1.54) is 0 Å².